The Bertz CT molecular complexity index is 390. The van der Waals surface area contributed by atoms with Crippen LogP contribution in [0.3, 0.4) is 0 Å². The van der Waals surface area contributed by atoms with E-state index in [2.05, 4.69) is 4.74 Å². The van der Waals surface area contributed by atoms with Crippen molar-refractivity contribution in [2.24, 2.45) is 0 Å². The van der Waals surface area contributed by atoms with E-state index in [1.165, 1.54) is 7.11 Å². The molecule has 2 aliphatic heterocycles. The molecule has 20 heavy (non-hydrogen) atoms. The second-order valence-corrected chi connectivity index (χ2v) is 5.00. The van der Waals surface area contributed by atoms with Gasteiger partial charge in [0.2, 0.25) is 5.91 Å². The Balaban J connectivity index is 1.74. The summed E-state index contributed by atoms with van der Waals surface area (Å²) in [6.45, 7) is 2.33. The number of hydrogen-bond acceptors (Lipinski definition) is 5. The van der Waals surface area contributed by atoms with Crippen LogP contribution in [-0.4, -0.2) is 67.2 Å². The van der Waals surface area contributed by atoms with E-state index >= 15 is 0 Å². The summed E-state index contributed by atoms with van der Waals surface area (Å²) in [7, 11) is 1.31. The molecule has 0 saturated carbocycles. The number of likely N-dealkylation sites (tertiary alicyclic amines) is 1. The lowest BCUT2D eigenvalue weighted by Crippen LogP contribution is -2.47. The van der Waals surface area contributed by atoms with Crippen molar-refractivity contribution in [3.8, 4) is 0 Å². The first-order valence-corrected chi connectivity index (χ1v) is 6.90. The van der Waals surface area contributed by atoms with Crippen molar-refractivity contribution >= 4 is 18.0 Å². The average molecular weight is 284 g/mol. The van der Waals surface area contributed by atoms with Gasteiger partial charge in [0, 0.05) is 25.6 Å². The Morgan fingerprint density at radius 2 is 1.95 bits per heavy atom. The fourth-order valence-electron chi connectivity index (χ4n) is 2.63. The molecule has 2 amide bonds. The molecule has 7 heteroatoms. The number of hydrogen-bond donors (Lipinski definition) is 0. The average Bonchev–Trinajstić information content (AvgIpc) is 2.90. The minimum atomic E-state index is -0.368. The van der Waals surface area contributed by atoms with Crippen LogP contribution in [0.5, 0.6) is 0 Å². The van der Waals surface area contributed by atoms with Crippen molar-refractivity contribution in [2.75, 3.05) is 33.4 Å². The number of piperidine rings is 1. The maximum Gasteiger partial charge on any atom is 0.410 e. The fourth-order valence-corrected chi connectivity index (χ4v) is 2.63. The van der Waals surface area contributed by atoms with Crippen molar-refractivity contribution < 1.29 is 23.9 Å². The fraction of sp³-hybridized carbons (Fsp3) is 0.769. The highest BCUT2D eigenvalue weighted by atomic mass is 16.6. The molecule has 0 radical (unpaired) electrons. The van der Waals surface area contributed by atoms with E-state index in [9.17, 15) is 14.4 Å². The van der Waals surface area contributed by atoms with Crippen LogP contribution in [0.2, 0.25) is 0 Å². The van der Waals surface area contributed by atoms with Crippen LogP contribution < -0.4 is 0 Å². The Labute approximate surface area is 117 Å². The summed E-state index contributed by atoms with van der Waals surface area (Å²) in [5, 5.41) is 0. The molecule has 0 unspecified atom stereocenters. The Morgan fingerprint density at radius 3 is 2.50 bits per heavy atom. The summed E-state index contributed by atoms with van der Waals surface area (Å²) >= 11 is 0. The van der Waals surface area contributed by atoms with Gasteiger partial charge in [0.25, 0.3) is 0 Å². The highest BCUT2D eigenvalue weighted by molar-refractivity contribution is 5.81. The van der Waals surface area contributed by atoms with Gasteiger partial charge in [-0.2, -0.15) is 0 Å². The number of nitrogens with zero attached hydrogens (tertiary/aromatic N) is 2. The summed E-state index contributed by atoms with van der Waals surface area (Å²) < 4.78 is 9.44. The number of ether oxygens (including phenoxy) is 2. The van der Waals surface area contributed by atoms with Gasteiger partial charge in [0.05, 0.1) is 20.1 Å². The van der Waals surface area contributed by atoms with Crippen molar-refractivity contribution in [2.45, 2.75) is 31.7 Å². The van der Waals surface area contributed by atoms with Crippen LogP contribution >= 0.6 is 0 Å². The third kappa shape index (κ3) is 3.40. The largest absolute Gasteiger partial charge is 0.469 e. The highest BCUT2D eigenvalue weighted by Crippen LogP contribution is 2.20. The van der Waals surface area contributed by atoms with Crippen molar-refractivity contribution in [3.63, 3.8) is 0 Å². The maximum atomic E-state index is 11.9. The molecule has 2 fully saturated rings. The molecular formula is C13H20N2O5. The van der Waals surface area contributed by atoms with E-state index in [1.807, 2.05) is 0 Å². The molecule has 0 bridgehead atoms. The van der Waals surface area contributed by atoms with Crippen molar-refractivity contribution in [3.05, 3.63) is 0 Å². The van der Waals surface area contributed by atoms with E-state index in [0.29, 0.717) is 26.2 Å². The lowest BCUT2D eigenvalue weighted by molar-refractivity contribution is -0.144. The second-order valence-electron chi connectivity index (χ2n) is 5.00. The van der Waals surface area contributed by atoms with Crippen LogP contribution in [-0.2, 0) is 19.1 Å². The number of carbonyl (C=O) groups excluding carboxylic acids is 3. The topological polar surface area (TPSA) is 76.2 Å². The minimum Gasteiger partial charge on any atom is -0.469 e. The number of rotatable bonds is 4. The number of carbonyl (C=O) groups is 3. The molecule has 2 heterocycles. The molecule has 2 saturated heterocycles. The first-order chi connectivity index (χ1) is 9.61. The summed E-state index contributed by atoms with van der Waals surface area (Å²) in [4.78, 5) is 37.9. The zero-order valence-corrected chi connectivity index (χ0v) is 11.7. The molecule has 0 N–H and O–H groups in total. The van der Waals surface area contributed by atoms with Gasteiger partial charge in [-0.3, -0.25) is 9.59 Å². The zero-order valence-electron chi connectivity index (χ0n) is 11.7. The third-order valence-corrected chi connectivity index (χ3v) is 3.82. The quantitative estimate of drug-likeness (QED) is 0.698. The van der Waals surface area contributed by atoms with E-state index in [1.54, 1.807) is 9.80 Å². The standard InChI is InChI=1S/C13H20N2O5/c1-19-12(17)3-2-11(16)14-6-4-10(5-7-14)15-8-9-20-13(15)18/h10H,2-9H2,1H3. The molecule has 112 valence electrons. The first-order valence-electron chi connectivity index (χ1n) is 6.90. The van der Waals surface area contributed by atoms with E-state index < -0.39 is 0 Å². The van der Waals surface area contributed by atoms with Crippen molar-refractivity contribution in [1.29, 1.82) is 0 Å². The highest BCUT2D eigenvalue weighted by Gasteiger charge is 2.33. The van der Waals surface area contributed by atoms with Crippen LogP contribution in [0.4, 0.5) is 4.79 Å². The Morgan fingerprint density at radius 1 is 1.25 bits per heavy atom. The smallest absolute Gasteiger partial charge is 0.410 e. The van der Waals surface area contributed by atoms with Gasteiger partial charge >= 0.3 is 12.1 Å². The predicted octanol–water partition coefficient (Wildman–Crippen LogP) is 0.383. The predicted molar refractivity (Wildman–Crippen MR) is 68.9 cm³/mol. The van der Waals surface area contributed by atoms with Crippen LogP contribution in [0.15, 0.2) is 0 Å². The van der Waals surface area contributed by atoms with E-state index in [-0.39, 0.29) is 36.9 Å². The zero-order chi connectivity index (χ0) is 14.5. The molecule has 0 aromatic carbocycles. The minimum absolute atomic E-state index is 0.0298. The van der Waals surface area contributed by atoms with Gasteiger partial charge < -0.3 is 19.3 Å². The van der Waals surface area contributed by atoms with Gasteiger partial charge in [-0.05, 0) is 12.8 Å². The molecule has 7 nitrogen and oxygen atoms in total. The van der Waals surface area contributed by atoms with Gasteiger partial charge in [0.1, 0.15) is 6.61 Å². The third-order valence-electron chi connectivity index (χ3n) is 3.82. The molecule has 0 aliphatic carbocycles. The Kier molecular flexibility index (Phi) is 4.81. The second kappa shape index (κ2) is 6.58. The number of methoxy groups -OCH3 is 1. The van der Waals surface area contributed by atoms with Crippen LogP contribution in [0.1, 0.15) is 25.7 Å². The summed E-state index contributed by atoms with van der Waals surface area (Å²) in [5.41, 5.74) is 0. The van der Waals surface area contributed by atoms with E-state index in [0.717, 1.165) is 12.8 Å². The van der Waals surface area contributed by atoms with E-state index in [4.69, 9.17) is 4.74 Å². The SMILES string of the molecule is COC(=O)CCC(=O)N1CCC(N2CCOC2=O)CC1. The molecule has 2 rings (SSSR count). The molecule has 0 aromatic heterocycles. The van der Waals surface area contributed by atoms with Gasteiger partial charge in [-0.1, -0.05) is 0 Å². The van der Waals surface area contributed by atoms with Gasteiger partial charge in [-0.15, -0.1) is 0 Å². The van der Waals surface area contributed by atoms with Crippen LogP contribution in [0.25, 0.3) is 0 Å². The number of esters is 1. The maximum absolute atomic E-state index is 11.9. The molecule has 0 aromatic rings. The van der Waals surface area contributed by atoms with Gasteiger partial charge in [0.15, 0.2) is 0 Å². The summed E-state index contributed by atoms with van der Waals surface area (Å²) in [6.07, 6.45) is 1.58. The molecular weight excluding hydrogens is 264 g/mol. The normalized spacial score (nSPS) is 19.9. The summed E-state index contributed by atoms with van der Waals surface area (Å²) in [5.74, 6) is -0.397. The molecule has 0 atom stereocenters. The lowest BCUT2D eigenvalue weighted by atomic mass is 10.0. The van der Waals surface area contributed by atoms with Crippen molar-refractivity contribution in [1.82, 2.24) is 9.80 Å². The summed E-state index contributed by atoms with van der Waals surface area (Å²) in [6, 6.07) is 0.162. The lowest BCUT2D eigenvalue weighted by Gasteiger charge is -2.35. The monoisotopic (exact) mass is 284 g/mol. The Hall–Kier alpha value is -1.79. The molecule has 0 spiro atoms. The number of amides is 2. The first kappa shape index (κ1) is 14.6. The molecule has 2 aliphatic rings. The van der Waals surface area contributed by atoms with Gasteiger partial charge in [-0.25, -0.2) is 4.79 Å². The number of cyclic esters (lactones) is 1. The van der Waals surface area contributed by atoms with Crippen LogP contribution in [0, 0.1) is 0 Å².